The molecule has 0 aliphatic carbocycles. The van der Waals surface area contributed by atoms with Gasteiger partial charge in [0.2, 0.25) is 0 Å². The summed E-state index contributed by atoms with van der Waals surface area (Å²) >= 11 is 5.21. The zero-order chi connectivity index (χ0) is 13.5. The van der Waals surface area contributed by atoms with Crippen LogP contribution in [-0.2, 0) is 0 Å². The zero-order valence-corrected chi connectivity index (χ0v) is 13.0. The standard InChI is InChI=1S/C14H29N3S/c1-4-6-12(3)16-8-10-17(11-9-16)13(7-5-2)14(15)18/h12-13H,4-11H2,1-3H3,(H2,15,18). The molecule has 1 fully saturated rings. The molecular formula is C14H29N3S. The lowest BCUT2D eigenvalue weighted by atomic mass is 10.1. The van der Waals surface area contributed by atoms with E-state index in [9.17, 15) is 0 Å². The maximum Gasteiger partial charge on any atom is 0.0902 e. The summed E-state index contributed by atoms with van der Waals surface area (Å²) in [5, 5.41) is 0. The van der Waals surface area contributed by atoms with Crippen molar-refractivity contribution in [1.29, 1.82) is 0 Å². The molecule has 2 unspecified atom stereocenters. The van der Waals surface area contributed by atoms with E-state index in [1.807, 2.05) is 0 Å². The Bertz CT molecular complexity index is 249. The van der Waals surface area contributed by atoms with E-state index < -0.39 is 0 Å². The highest BCUT2D eigenvalue weighted by Crippen LogP contribution is 2.15. The van der Waals surface area contributed by atoms with E-state index in [-0.39, 0.29) is 0 Å². The molecule has 1 aliphatic rings. The van der Waals surface area contributed by atoms with Crippen molar-refractivity contribution in [1.82, 2.24) is 9.80 Å². The first-order valence-corrected chi connectivity index (χ1v) is 7.78. The average Bonchev–Trinajstić information content (AvgIpc) is 2.36. The van der Waals surface area contributed by atoms with Crippen LogP contribution in [-0.4, -0.2) is 53.1 Å². The van der Waals surface area contributed by atoms with Crippen molar-refractivity contribution in [3.05, 3.63) is 0 Å². The van der Waals surface area contributed by atoms with Crippen molar-refractivity contribution in [2.75, 3.05) is 26.2 Å². The summed E-state index contributed by atoms with van der Waals surface area (Å²) in [6, 6.07) is 1.03. The van der Waals surface area contributed by atoms with Crippen LogP contribution in [0.15, 0.2) is 0 Å². The van der Waals surface area contributed by atoms with Crippen LogP contribution < -0.4 is 5.73 Å². The van der Waals surface area contributed by atoms with Crippen LogP contribution in [0.3, 0.4) is 0 Å². The molecule has 0 saturated carbocycles. The Labute approximate surface area is 118 Å². The van der Waals surface area contributed by atoms with Crippen LogP contribution in [0.5, 0.6) is 0 Å². The van der Waals surface area contributed by atoms with Crippen LogP contribution >= 0.6 is 12.2 Å². The molecule has 0 aromatic rings. The van der Waals surface area contributed by atoms with Gasteiger partial charge in [-0.05, 0) is 19.8 Å². The summed E-state index contributed by atoms with van der Waals surface area (Å²) in [7, 11) is 0. The van der Waals surface area contributed by atoms with E-state index in [4.69, 9.17) is 18.0 Å². The van der Waals surface area contributed by atoms with Gasteiger partial charge in [-0.15, -0.1) is 0 Å². The fourth-order valence-corrected chi connectivity index (χ4v) is 3.14. The smallest absolute Gasteiger partial charge is 0.0902 e. The van der Waals surface area contributed by atoms with Gasteiger partial charge in [0.15, 0.2) is 0 Å². The molecular weight excluding hydrogens is 242 g/mol. The molecule has 1 saturated heterocycles. The number of nitrogens with zero attached hydrogens (tertiary/aromatic N) is 2. The van der Waals surface area contributed by atoms with E-state index in [0.29, 0.717) is 17.1 Å². The molecule has 1 aliphatic heterocycles. The van der Waals surface area contributed by atoms with E-state index in [0.717, 1.165) is 39.0 Å². The number of nitrogens with two attached hydrogens (primary N) is 1. The third-order valence-electron chi connectivity index (χ3n) is 4.01. The van der Waals surface area contributed by atoms with E-state index >= 15 is 0 Å². The fraction of sp³-hybridized carbons (Fsp3) is 0.929. The lowest BCUT2D eigenvalue weighted by Gasteiger charge is -2.41. The topological polar surface area (TPSA) is 32.5 Å². The first-order valence-electron chi connectivity index (χ1n) is 7.37. The molecule has 0 bridgehead atoms. The number of rotatable bonds is 7. The van der Waals surface area contributed by atoms with Gasteiger partial charge >= 0.3 is 0 Å². The molecule has 106 valence electrons. The van der Waals surface area contributed by atoms with Crippen LogP contribution in [0.2, 0.25) is 0 Å². The van der Waals surface area contributed by atoms with E-state index in [2.05, 4.69) is 30.6 Å². The quantitative estimate of drug-likeness (QED) is 0.720. The lowest BCUT2D eigenvalue weighted by molar-refractivity contribution is 0.0853. The van der Waals surface area contributed by atoms with Crippen molar-refractivity contribution in [3.63, 3.8) is 0 Å². The third-order valence-corrected chi connectivity index (χ3v) is 4.28. The minimum Gasteiger partial charge on any atom is -0.392 e. The Morgan fingerprint density at radius 1 is 1.06 bits per heavy atom. The van der Waals surface area contributed by atoms with Gasteiger partial charge < -0.3 is 5.73 Å². The number of hydrogen-bond acceptors (Lipinski definition) is 3. The molecule has 1 rings (SSSR count). The summed E-state index contributed by atoms with van der Waals surface area (Å²) in [6.45, 7) is 11.3. The summed E-state index contributed by atoms with van der Waals surface area (Å²) < 4.78 is 0. The second-order valence-corrected chi connectivity index (χ2v) is 5.89. The highest BCUT2D eigenvalue weighted by atomic mass is 32.1. The van der Waals surface area contributed by atoms with Crippen molar-refractivity contribution >= 4 is 17.2 Å². The van der Waals surface area contributed by atoms with Gasteiger partial charge in [-0.3, -0.25) is 9.80 Å². The SMILES string of the molecule is CCCC(C)N1CCN(C(CCC)C(N)=S)CC1. The molecule has 0 radical (unpaired) electrons. The molecule has 2 N–H and O–H groups in total. The Kier molecular flexibility index (Phi) is 7.12. The predicted octanol–water partition coefficient (Wildman–Crippen LogP) is 2.25. The average molecular weight is 271 g/mol. The first kappa shape index (κ1) is 15.9. The Balaban J connectivity index is 2.44. The molecule has 3 nitrogen and oxygen atoms in total. The third kappa shape index (κ3) is 4.48. The van der Waals surface area contributed by atoms with Gasteiger partial charge in [0.1, 0.15) is 0 Å². The Morgan fingerprint density at radius 3 is 2.00 bits per heavy atom. The molecule has 0 aromatic carbocycles. The minimum absolute atomic E-state index is 0.314. The molecule has 0 spiro atoms. The van der Waals surface area contributed by atoms with Gasteiger partial charge in [0.05, 0.1) is 11.0 Å². The van der Waals surface area contributed by atoms with Crippen LogP contribution in [0.1, 0.15) is 46.5 Å². The predicted molar refractivity (Wildman–Crippen MR) is 83.0 cm³/mol. The van der Waals surface area contributed by atoms with Crippen molar-refractivity contribution < 1.29 is 0 Å². The van der Waals surface area contributed by atoms with E-state index in [1.54, 1.807) is 0 Å². The van der Waals surface area contributed by atoms with Gasteiger partial charge in [-0.1, -0.05) is 38.9 Å². The maximum atomic E-state index is 5.87. The van der Waals surface area contributed by atoms with Crippen LogP contribution in [0.4, 0.5) is 0 Å². The lowest BCUT2D eigenvalue weighted by Crippen LogP contribution is -2.55. The van der Waals surface area contributed by atoms with Crippen LogP contribution in [0.25, 0.3) is 0 Å². The Morgan fingerprint density at radius 2 is 1.56 bits per heavy atom. The van der Waals surface area contributed by atoms with Crippen molar-refractivity contribution in [2.24, 2.45) is 5.73 Å². The summed E-state index contributed by atoms with van der Waals surface area (Å²) in [4.78, 5) is 5.75. The molecule has 0 aromatic heterocycles. The van der Waals surface area contributed by atoms with E-state index in [1.165, 1.54) is 12.8 Å². The van der Waals surface area contributed by atoms with Gasteiger partial charge in [-0.2, -0.15) is 0 Å². The second-order valence-electron chi connectivity index (χ2n) is 5.42. The highest BCUT2D eigenvalue weighted by molar-refractivity contribution is 7.80. The van der Waals surface area contributed by atoms with Gasteiger partial charge in [0.25, 0.3) is 0 Å². The first-order chi connectivity index (χ1) is 8.60. The summed E-state index contributed by atoms with van der Waals surface area (Å²) in [6.07, 6.45) is 4.81. The number of hydrogen-bond donors (Lipinski definition) is 1. The largest absolute Gasteiger partial charge is 0.392 e. The number of thiocarbonyl (C=S) groups is 1. The summed E-state index contributed by atoms with van der Waals surface area (Å²) in [5.41, 5.74) is 5.87. The normalized spacial score (nSPS) is 21.7. The maximum absolute atomic E-state index is 5.87. The second kappa shape index (κ2) is 8.08. The highest BCUT2D eigenvalue weighted by Gasteiger charge is 2.26. The molecule has 1 heterocycles. The zero-order valence-electron chi connectivity index (χ0n) is 12.2. The summed E-state index contributed by atoms with van der Waals surface area (Å²) in [5.74, 6) is 0. The fourth-order valence-electron chi connectivity index (χ4n) is 2.87. The number of piperazine rings is 1. The molecule has 2 atom stereocenters. The van der Waals surface area contributed by atoms with Crippen molar-refractivity contribution in [2.45, 2.75) is 58.5 Å². The van der Waals surface area contributed by atoms with Gasteiger partial charge in [-0.25, -0.2) is 0 Å². The van der Waals surface area contributed by atoms with Crippen LogP contribution in [0, 0.1) is 0 Å². The molecule has 0 amide bonds. The molecule has 4 heteroatoms. The molecule has 18 heavy (non-hydrogen) atoms. The minimum atomic E-state index is 0.314. The van der Waals surface area contributed by atoms with Crippen molar-refractivity contribution in [3.8, 4) is 0 Å². The monoisotopic (exact) mass is 271 g/mol. The van der Waals surface area contributed by atoms with Gasteiger partial charge in [0, 0.05) is 32.2 Å². The Hall–Kier alpha value is -0.190.